The average molecular weight is 325 g/mol. The van der Waals surface area contributed by atoms with Gasteiger partial charge in [0.15, 0.2) is 0 Å². The van der Waals surface area contributed by atoms with E-state index in [2.05, 4.69) is 18.0 Å². The summed E-state index contributed by atoms with van der Waals surface area (Å²) in [6.45, 7) is 2.10. The minimum atomic E-state index is -0.287. The lowest BCUT2D eigenvalue weighted by Crippen LogP contribution is -2.27. The molecular formula is C18H15NO3S. The molecule has 1 aliphatic heterocycles. The first kappa shape index (κ1) is 14.2. The van der Waals surface area contributed by atoms with Crippen molar-refractivity contribution >= 4 is 28.2 Å². The first-order valence-corrected chi connectivity index (χ1v) is 8.43. The number of ether oxygens (including phenoxy) is 1. The topological polar surface area (TPSA) is 59.2 Å². The highest BCUT2D eigenvalue weighted by molar-refractivity contribution is 7.12. The second-order valence-corrected chi connectivity index (χ2v) is 6.83. The Morgan fingerprint density at radius 1 is 1.22 bits per heavy atom. The average Bonchev–Trinajstić information content (AvgIpc) is 3.03. The highest BCUT2D eigenvalue weighted by Crippen LogP contribution is 2.41. The van der Waals surface area contributed by atoms with Gasteiger partial charge in [-0.15, -0.1) is 11.3 Å². The fraction of sp³-hybridized carbons (Fsp3) is 0.222. The van der Waals surface area contributed by atoms with Crippen LogP contribution in [-0.2, 0) is 11.2 Å². The number of nitrogens with one attached hydrogen (secondary N) is 1. The van der Waals surface area contributed by atoms with Crippen LogP contribution in [0.25, 0.3) is 10.9 Å². The Morgan fingerprint density at radius 2 is 2.04 bits per heavy atom. The molecule has 116 valence electrons. The Labute approximate surface area is 136 Å². The second kappa shape index (κ2) is 5.35. The van der Waals surface area contributed by atoms with E-state index >= 15 is 0 Å². The summed E-state index contributed by atoms with van der Waals surface area (Å²) in [5.74, 6) is -0.105. The van der Waals surface area contributed by atoms with Crippen LogP contribution in [0.4, 0.5) is 0 Å². The van der Waals surface area contributed by atoms with E-state index in [-0.39, 0.29) is 23.9 Å². The fourth-order valence-electron chi connectivity index (χ4n) is 3.09. The van der Waals surface area contributed by atoms with Gasteiger partial charge in [0.25, 0.3) is 5.56 Å². The van der Waals surface area contributed by atoms with Crippen LogP contribution >= 0.6 is 11.3 Å². The van der Waals surface area contributed by atoms with Gasteiger partial charge < -0.3 is 9.72 Å². The van der Waals surface area contributed by atoms with Crippen LogP contribution < -0.4 is 10.3 Å². The molecule has 0 saturated carbocycles. The second-order valence-electron chi connectivity index (χ2n) is 5.63. The number of benzene rings is 1. The number of fused-ring (bicyclic) bond motifs is 3. The van der Waals surface area contributed by atoms with E-state index in [1.807, 2.05) is 30.3 Å². The molecule has 0 saturated heterocycles. The number of rotatable bonds is 2. The summed E-state index contributed by atoms with van der Waals surface area (Å²) in [5, 5.41) is 0.771. The van der Waals surface area contributed by atoms with Crippen molar-refractivity contribution in [3.8, 4) is 5.75 Å². The Hall–Kier alpha value is -2.40. The number of hydrogen-bond donors (Lipinski definition) is 1. The summed E-state index contributed by atoms with van der Waals surface area (Å²) in [4.78, 5) is 29.9. The molecule has 0 aliphatic carbocycles. The van der Waals surface area contributed by atoms with Crippen molar-refractivity contribution in [1.82, 2.24) is 4.98 Å². The van der Waals surface area contributed by atoms with Gasteiger partial charge in [-0.25, -0.2) is 0 Å². The summed E-state index contributed by atoms with van der Waals surface area (Å²) < 4.78 is 5.46. The van der Waals surface area contributed by atoms with Crippen molar-refractivity contribution in [2.75, 3.05) is 0 Å². The lowest BCUT2D eigenvalue weighted by atomic mass is 9.91. The number of hydrogen-bond acceptors (Lipinski definition) is 4. The normalized spacial score (nSPS) is 17.1. The quantitative estimate of drug-likeness (QED) is 0.733. The predicted molar refractivity (Wildman–Crippen MR) is 90.4 cm³/mol. The number of carbonyl (C=O) groups excluding carboxylic acids is 1. The minimum Gasteiger partial charge on any atom is -0.425 e. The SMILES string of the molecule is CCc1ccc([C@@H]2CC(=O)Oc3c2c(=O)[nH]c2ccccc32)s1. The number of aromatic nitrogens is 1. The molecule has 3 heterocycles. The molecule has 4 rings (SSSR count). The van der Waals surface area contributed by atoms with Crippen molar-refractivity contribution < 1.29 is 9.53 Å². The molecule has 0 bridgehead atoms. The van der Waals surface area contributed by atoms with Crippen LogP contribution in [-0.4, -0.2) is 11.0 Å². The maximum Gasteiger partial charge on any atom is 0.312 e. The molecular weight excluding hydrogens is 310 g/mol. The van der Waals surface area contributed by atoms with E-state index < -0.39 is 0 Å². The monoisotopic (exact) mass is 325 g/mol. The van der Waals surface area contributed by atoms with E-state index in [0.717, 1.165) is 16.7 Å². The van der Waals surface area contributed by atoms with Gasteiger partial charge in [-0.1, -0.05) is 19.1 Å². The number of esters is 1. The van der Waals surface area contributed by atoms with Crippen LogP contribution in [0.3, 0.4) is 0 Å². The van der Waals surface area contributed by atoms with Crippen molar-refractivity contribution in [2.24, 2.45) is 0 Å². The predicted octanol–water partition coefficient (Wildman–Crippen LogP) is 3.59. The highest BCUT2D eigenvalue weighted by atomic mass is 32.1. The molecule has 3 aromatic rings. The van der Waals surface area contributed by atoms with Crippen LogP contribution in [0.15, 0.2) is 41.2 Å². The molecule has 5 heteroatoms. The number of para-hydroxylation sites is 1. The number of carbonyl (C=O) groups is 1. The number of aromatic amines is 1. The molecule has 0 unspecified atom stereocenters. The Balaban J connectivity index is 1.98. The van der Waals surface area contributed by atoms with Gasteiger partial charge in [0.05, 0.1) is 17.5 Å². The van der Waals surface area contributed by atoms with Crippen molar-refractivity contribution in [2.45, 2.75) is 25.7 Å². The van der Waals surface area contributed by atoms with Gasteiger partial charge in [-0.3, -0.25) is 9.59 Å². The lowest BCUT2D eigenvalue weighted by Gasteiger charge is -2.24. The molecule has 0 radical (unpaired) electrons. The van der Waals surface area contributed by atoms with Gasteiger partial charge in [0.2, 0.25) is 0 Å². The zero-order chi connectivity index (χ0) is 16.0. The number of pyridine rings is 1. The Morgan fingerprint density at radius 3 is 2.83 bits per heavy atom. The smallest absolute Gasteiger partial charge is 0.312 e. The summed E-state index contributed by atoms with van der Waals surface area (Å²) in [5.41, 5.74) is 1.07. The van der Waals surface area contributed by atoms with Crippen molar-refractivity contribution in [3.05, 3.63) is 62.1 Å². The van der Waals surface area contributed by atoms with E-state index in [9.17, 15) is 9.59 Å². The molecule has 0 fully saturated rings. The Bertz CT molecular complexity index is 970. The van der Waals surface area contributed by atoms with Crippen LogP contribution in [0.5, 0.6) is 5.75 Å². The molecule has 1 N–H and O–H groups in total. The largest absolute Gasteiger partial charge is 0.425 e. The van der Waals surface area contributed by atoms with Crippen molar-refractivity contribution in [3.63, 3.8) is 0 Å². The molecule has 2 aromatic heterocycles. The molecule has 0 spiro atoms. The first-order chi connectivity index (χ1) is 11.2. The van der Waals surface area contributed by atoms with Gasteiger partial charge in [-0.2, -0.15) is 0 Å². The molecule has 1 aromatic carbocycles. The van der Waals surface area contributed by atoms with Crippen molar-refractivity contribution in [1.29, 1.82) is 0 Å². The third kappa shape index (κ3) is 2.28. The maximum absolute atomic E-state index is 12.6. The minimum absolute atomic E-state index is 0.178. The van der Waals surface area contributed by atoms with Crippen LogP contribution in [0.1, 0.15) is 34.6 Å². The molecule has 0 amide bonds. The van der Waals surface area contributed by atoms with E-state index in [1.165, 1.54) is 4.88 Å². The number of H-pyrrole nitrogens is 1. The first-order valence-electron chi connectivity index (χ1n) is 7.61. The lowest BCUT2D eigenvalue weighted by molar-refractivity contribution is -0.135. The van der Waals surface area contributed by atoms with Gasteiger partial charge >= 0.3 is 5.97 Å². The molecule has 1 aliphatic rings. The fourth-order valence-corrected chi connectivity index (χ4v) is 4.16. The van der Waals surface area contributed by atoms with Gasteiger partial charge in [-0.05, 0) is 30.7 Å². The zero-order valence-corrected chi connectivity index (χ0v) is 13.4. The molecule has 23 heavy (non-hydrogen) atoms. The van der Waals surface area contributed by atoms with E-state index in [4.69, 9.17) is 4.74 Å². The third-order valence-corrected chi connectivity index (χ3v) is 5.56. The summed E-state index contributed by atoms with van der Waals surface area (Å²) in [6, 6.07) is 11.5. The van der Waals surface area contributed by atoms with Gasteiger partial charge in [0.1, 0.15) is 5.75 Å². The van der Waals surface area contributed by atoms with Crippen LogP contribution in [0.2, 0.25) is 0 Å². The Kier molecular flexibility index (Phi) is 3.31. The van der Waals surface area contributed by atoms with Crippen LogP contribution in [0, 0.1) is 0 Å². The summed E-state index contributed by atoms with van der Waals surface area (Å²) >= 11 is 1.66. The van der Waals surface area contributed by atoms with E-state index in [1.54, 1.807) is 11.3 Å². The number of thiophene rings is 1. The third-order valence-electron chi connectivity index (χ3n) is 4.22. The standard InChI is InChI=1S/C18H15NO3S/c1-2-10-7-8-14(23-10)12-9-15(20)22-17-11-5-3-4-6-13(11)19-18(21)16(12)17/h3-8,12H,2,9H2,1H3,(H,19,21)/t12-/m0/s1. The molecule has 4 nitrogen and oxygen atoms in total. The summed E-state index contributed by atoms with van der Waals surface area (Å²) in [6.07, 6.45) is 1.15. The number of aryl methyl sites for hydroxylation is 1. The summed E-state index contributed by atoms with van der Waals surface area (Å²) in [7, 11) is 0. The van der Waals surface area contributed by atoms with Gasteiger partial charge in [0, 0.05) is 21.1 Å². The van der Waals surface area contributed by atoms with E-state index in [0.29, 0.717) is 16.8 Å². The zero-order valence-electron chi connectivity index (χ0n) is 12.6. The highest BCUT2D eigenvalue weighted by Gasteiger charge is 2.33. The molecule has 1 atom stereocenters. The maximum atomic E-state index is 12.6.